The quantitative estimate of drug-likeness (QED) is 0.259. The van der Waals surface area contributed by atoms with Crippen molar-refractivity contribution in [3.63, 3.8) is 0 Å². The van der Waals surface area contributed by atoms with Gasteiger partial charge >= 0.3 is 0 Å². The predicted octanol–water partition coefficient (Wildman–Crippen LogP) is 6.61. The molecule has 0 fully saturated rings. The van der Waals surface area contributed by atoms with Gasteiger partial charge in [-0.05, 0) is 26.3 Å². The smallest absolute Gasteiger partial charge is 0.0555 e. The minimum Gasteiger partial charge on any atom is -0.393 e. The van der Waals surface area contributed by atoms with Crippen molar-refractivity contribution in [2.45, 2.75) is 136 Å². The van der Waals surface area contributed by atoms with E-state index < -0.39 is 0 Å². The molecule has 2 unspecified atom stereocenters. The SMILES string of the molecule is CCCCCCCCCCCCCCCCC(O)CC(C)NCC. The Kier molecular flexibility index (Phi) is 19.2. The molecular formula is C22H47NO. The van der Waals surface area contributed by atoms with E-state index in [0.29, 0.717) is 6.04 Å². The lowest BCUT2D eigenvalue weighted by molar-refractivity contribution is 0.139. The Labute approximate surface area is 153 Å². The minimum atomic E-state index is -0.114. The summed E-state index contributed by atoms with van der Waals surface area (Å²) in [5.74, 6) is 0. The fourth-order valence-electron chi connectivity index (χ4n) is 3.53. The Bertz CT molecular complexity index is 232. The van der Waals surface area contributed by atoms with Gasteiger partial charge in [0.25, 0.3) is 0 Å². The molecule has 0 aliphatic heterocycles. The van der Waals surface area contributed by atoms with Crippen molar-refractivity contribution in [1.29, 1.82) is 0 Å². The first-order chi connectivity index (χ1) is 11.7. The summed E-state index contributed by atoms with van der Waals surface area (Å²) in [4.78, 5) is 0. The molecule has 2 nitrogen and oxygen atoms in total. The normalized spacial score (nSPS) is 14.0. The lowest BCUT2D eigenvalue weighted by Gasteiger charge is -2.16. The maximum absolute atomic E-state index is 10.00. The maximum atomic E-state index is 10.00. The van der Waals surface area contributed by atoms with Crippen molar-refractivity contribution in [3.8, 4) is 0 Å². The molecule has 0 aromatic carbocycles. The highest BCUT2D eigenvalue weighted by Gasteiger charge is 2.08. The minimum absolute atomic E-state index is 0.114. The molecule has 24 heavy (non-hydrogen) atoms. The van der Waals surface area contributed by atoms with Gasteiger partial charge in [-0.2, -0.15) is 0 Å². The lowest BCUT2D eigenvalue weighted by atomic mass is 10.0. The molecule has 0 saturated heterocycles. The van der Waals surface area contributed by atoms with Gasteiger partial charge in [0.1, 0.15) is 0 Å². The Morgan fingerprint density at radius 1 is 0.667 bits per heavy atom. The van der Waals surface area contributed by atoms with E-state index in [2.05, 4.69) is 26.1 Å². The zero-order valence-electron chi connectivity index (χ0n) is 17.1. The molecular weight excluding hydrogens is 294 g/mol. The third-order valence-corrected chi connectivity index (χ3v) is 5.07. The summed E-state index contributed by atoms with van der Waals surface area (Å²) in [6.45, 7) is 7.56. The van der Waals surface area contributed by atoms with Crippen LogP contribution in [-0.4, -0.2) is 23.8 Å². The van der Waals surface area contributed by atoms with Crippen LogP contribution in [0.25, 0.3) is 0 Å². The summed E-state index contributed by atoms with van der Waals surface area (Å²) in [6, 6.07) is 0.441. The summed E-state index contributed by atoms with van der Waals surface area (Å²) >= 11 is 0. The molecule has 0 heterocycles. The number of rotatable bonds is 19. The van der Waals surface area contributed by atoms with Gasteiger partial charge in [0.15, 0.2) is 0 Å². The second-order valence-electron chi connectivity index (χ2n) is 7.73. The Morgan fingerprint density at radius 2 is 1.08 bits per heavy atom. The zero-order chi connectivity index (χ0) is 17.9. The van der Waals surface area contributed by atoms with Crippen molar-refractivity contribution in [1.82, 2.24) is 5.32 Å². The first-order valence-corrected chi connectivity index (χ1v) is 11.1. The van der Waals surface area contributed by atoms with Crippen LogP contribution >= 0.6 is 0 Å². The van der Waals surface area contributed by atoms with Crippen LogP contribution in [0.2, 0.25) is 0 Å². The van der Waals surface area contributed by atoms with Crippen molar-refractivity contribution in [3.05, 3.63) is 0 Å². The summed E-state index contributed by atoms with van der Waals surface area (Å²) in [6.07, 6.45) is 21.3. The topological polar surface area (TPSA) is 32.3 Å². The van der Waals surface area contributed by atoms with Crippen molar-refractivity contribution in [2.24, 2.45) is 0 Å². The molecule has 2 N–H and O–H groups in total. The average Bonchev–Trinajstić information content (AvgIpc) is 2.55. The van der Waals surface area contributed by atoms with Crippen LogP contribution in [-0.2, 0) is 0 Å². The molecule has 146 valence electrons. The van der Waals surface area contributed by atoms with Crippen LogP contribution in [0.3, 0.4) is 0 Å². The molecule has 0 radical (unpaired) electrons. The fraction of sp³-hybridized carbons (Fsp3) is 1.00. The van der Waals surface area contributed by atoms with E-state index in [1.807, 2.05) is 0 Å². The number of hydrogen-bond acceptors (Lipinski definition) is 2. The standard InChI is InChI=1S/C22H47NO/c1-4-6-7-8-9-10-11-12-13-14-15-16-17-18-19-22(24)20-21(3)23-5-2/h21-24H,4-20H2,1-3H3. The lowest BCUT2D eigenvalue weighted by Crippen LogP contribution is -2.29. The fourth-order valence-corrected chi connectivity index (χ4v) is 3.53. The van der Waals surface area contributed by atoms with Gasteiger partial charge < -0.3 is 10.4 Å². The summed E-state index contributed by atoms with van der Waals surface area (Å²) in [5.41, 5.74) is 0. The van der Waals surface area contributed by atoms with Crippen LogP contribution in [0.15, 0.2) is 0 Å². The molecule has 0 amide bonds. The highest BCUT2D eigenvalue weighted by Crippen LogP contribution is 2.14. The van der Waals surface area contributed by atoms with Gasteiger partial charge in [-0.3, -0.25) is 0 Å². The molecule has 0 saturated carbocycles. The first kappa shape index (κ1) is 23.9. The maximum Gasteiger partial charge on any atom is 0.0555 e. The second kappa shape index (κ2) is 19.2. The molecule has 0 aromatic rings. The summed E-state index contributed by atoms with van der Waals surface area (Å²) in [7, 11) is 0. The number of unbranched alkanes of at least 4 members (excludes halogenated alkanes) is 13. The van der Waals surface area contributed by atoms with Crippen LogP contribution in [0.4, 0.5) is 0 Å². The Morgan fingerprint density at radius 3 is 1.50 bits per heavy atom. The first-order valence-electron chi connectivity index (χ1n) is 11.1. The predicted molar refractivity (Wildman–Crippen MR) is 109 cm³/mol. The third-order valence-electron chi connectivity index (χ3n) is 5.07. The molecule has 2 heteroatoms. The number of nitrogens with one attached hydrogen (secondary N) is 1. The highest BCUT2D eigenvalue weighted by atomic mass is 16.3. The summed E-state index contributed by atoms with van der Waals surface area (Å²) in [5, 5.41) is 13.4. The molecule has 0 bridgehead atoms. The third kappa shape index (κ3) is 18.3. The van der Waals surface area contributed by atoms with Gasteiger partial charge in [0, 0.05) is 6.04 Å². The second-order valence-corrected chi connectivity index (χ2v) is 7.73. The van der Waals surface area contributed by atoms with Gasteiger partial charge in [0.2, 0.25) is 0 Å². The molecule has 0 aliphatic carbocycles. The van der Waals surface area contributed by atoms with Crippen LogP contribution in [0, 0.1) is 0 Å². The van der Waals surface area contributed by atoms with E-state index in [0.717, 1.165) is 19.4 Å². The number of aliphatic hydroxyl groups excluding tert-OH is 1. The van der Waals surface area contributed by atoms with E-state index in [9.17, 15) is 5.11 Å². The van der Waals surface area contributed by atoms with Gasteiger partial charge in [-0.25, -0.2) is 0 Å². The number of hydrogen-bond donors (Lipinski definition) is 2. The van der Waals surface area contributed by atoms with Crippen LogP contribution in [0.1, 0.15) is 124 Å². The van der Waals surface area contributed by atoms with E-state index >= 15 is 0 Å². The zero-order valence-corrected chi connectivity index (χ0v) is 17.1. The molecule has 0 spiro atoms. The molecule has 0 aliphatic rings. The summed E-state index contributed by atoms with van der Waals surface area (Å²) < 4.78 is 0. The largest absolute Gasteiger partial charge is 0.393 e. The van der Waals surface area contributed by atoms with E-state index in [1.54, 1.807) is 0 Å². The van der Waals surface area contributed by atoms with E-state index in [-0.39, 0.29) is 6.10 Å². The highest BCUT2D eigenvalue weighted by molar-refractivity contribution is 4.66. The van der Waals surface area contributed by atoms with Gasteiger partial charge in [0.05, 0.1) is 6.10 Å². The van der Waals surface area contributed by atoms with E-state index in [1.165, 1.54) is 89.9 Å². The average molecular weight is 342 g/mol. The van der Waals surface area contributed by atoms with Crippen molar-refractivity contribution >= 4 is 0 Å². The van der Waals surface area contributed by atoms with E-state index in [4.69, 9.17) is 0 Å². The monoisotopic (exact) mass is 341 g/mol. The Balaban J connectivity index is 3.14. The molecule has 0 aromatic heterocycles. The molecule has 2 atom stereocenters. The number of aliphatic hydroxyl groups is 1. The van der Waals surface area contributed by atoms with Gasteiger partial charge in [-0.1, -0.05) is 104 Å². The van der Waals surface area contributed by atoms with Crippen molar-refractivity contribution in [2.75, 3.05) is 6.54 Å². The van der Waals surface area contributed by atoms with Crippen molar-refractivity contribution < 1.29 is 5.11 Å². The van der Waals surface area contributed by atoms with Gasteiger partial charge in [-0.15, -0.1) is 0 Å². The van der Waals surface area contributed by atoms with Crippen LogP contribution < -0.4 is 5.32 Å². The molecule has 0 rings (SSSR count). The van der Waals surface area contributed by atoms with Crippen LogP contribution in [0.5, 0.6) is 0 Å². The Hall–Kier alpha value is -0.0800.